The molecule has 3 rings (SSSR count). The molecule has 0 saturated heterocycles. The highest BCUT2D eigenvalue weighted by atomic mass is 79.9. The van der Waals surface area contributed by atoms with E-state index in [9.17, 15) is 13.6 Å². The molecule has 0 aliphatic heterocycles. The van der Waals surface area contributed by atoms with Gasteiger partial charge in [-0.05, 0) is 37.3 Å². The van der Waals surface area contributed by atoms with Crippen molar-refractivity contribution in [3.63, 3.8) is 0 Å². The molecule has 0 aliphatic rings. The van der Waals surface area contributed by atoms with E-state index in [0.717, 1.165) is 0 Å². The molecule has 0 bridgehead atoms. The van der Waals surface area contributed by atoms with Crippen LogP contribution in [0.1, 0.15) is 6.92 Å². The third-order valence-corrected chi connectivity index (χ3v) is 5.87. The maximum atomic E-state index is 13.8. The minimum absolute atomic E-state index is 0.106. The number of para-hydroxylation sites is 1. The molecule has 10 heteroatoms. The van der Waals surface area contributed by atoms with Gasteiger partial charge in [-0.15, -0.1) is 10.2 Å². The number of rotatable bonds is 6. The van der Waals surface area contributed by atoms with Crippen molar-refractivity contribution in [3.8, 4) is 0 Å². The number of anilines is 3. The van der Waals surface area contributed by atoms with Crippen LogP contribution in [-0.4, -0.2) is 21.4 Å². The first-order valence-corrected chi connectivity index (χ1v) is 10.2. The number of thioether (sulfide) groups is 1. The van der Waals surface area contributed by atoms with Crippen LogP contribution in [-0.2, 0) is 4.79 Å². The number of carbonyl (C=O) groups is 1. The summed E-state index contributed by atoms with van der Waals surface area (Å²) in [6.07, 6.45) is 0. The number of amides is 1. The van der Waals surface area contributed by atoms with Crippen LogP contribution in [0.25, 0.3) is 0 Å². The Morgan fingerprint density at radius 3 is 2.67 bits per heavy atom. The Kier molecular flexibility index (Phi) is 6.40. The molecule has 2 N–H and O–H groups in total. The van der Waals surface area contributed by atoms with Crippen LogP contribution in [0, 0.1) is 11.6 Å². The molecule has 140 valence electrons. The highest BCUT2D eigenvalue weighted by Crippen LogP contribution is 2.31. The number of benzene rings is 2. The lowest BCUT2D eigenvalue weighted by Gasteiger charge is -2.11. The van der Waals surface area contributed by atoms with E-state index in [1.807, 2.05) is 0 Å². The van der Waals surface area contributed by atoms with Gasteiger partial charge in [-0.25, -0.2) is 8.78 Å². The first-order chi connectivity index (χ1) is 12.9. The third-order valence-electron chi connectivity index (χ3n) is 3.36. The van der Waals surface area contributed by atoms with E-state index in [4.69, 9.17) is 0 Å². The summed E-state index contributed by atoms with van der Waals surface area (Å²) >= 11 is 5.55. The van der Waals surface area contributed by atoms with Gasteiger partial charge < -0.3 is 10.6 Å². The first kappa shape index (κ1) is 19.7. The fraction of sp³-hybridized carbons (Fsp3) is 0.118. The fourth-order valence-corrected chi connectivity index (χ4v) is 4.26. The van der Waals surface area contributed by atoms with Crippen molar-refractivity contribution in [3.05, 3.63) is 58.6 Å². The van der Waals surface area contributed by atoms with Crippen LogP contribution < -0.4 is 10.6 Å². The molecule has 0 radical (unpaired) electrons. The van der Waals surface area contributed by atoms with E-state index in [1.54, 1.807) is 31.2 Å². The van der Waals surface area contributed by atoms with E-state index in [-0.39, 0.29) is 11.6 Å². The summed E-state index contributed by atoms with van der Waals surface area (Å²) in [5, 5.41) is 13.2. The summed E-state index contributed by atoms with van der Waals surface area (Å²) < 4.78 is 28.6. The molecule has 0 aliphatic carbocycles. The molecule has 1 unspecified atom stereocenters. The molecule has 5 nitrogen and oxygen atoms in total. The largest absolute Gasteiger partial charge is 0.328 e. The van der Waals surface area contributed by atoms with Crippen molar-refractivity contribution in [2.45, 2.75) is 16.5 Å². The average Bonchev–Trinajstić information content (AvgIpc) is 3.06. The van der Waals surface area contributed by atoms with Gasteiger partial charge in [0.2, 0.25) is 11.0 Å². The number of nitrogens with one attached hydrogen (secondary N) is 2. The zero-order valence-electron chi connectivity index (χ0n) is 13.9. The number of hydrogen-bond donors (Lipinski definition) is 2. The van der Waals surface area contributed by atoms with Crippen LogP contribution in [0.15, 0.2) is 51.3 Å². The first-order valence-electron chi connectivity index (χ1n) is 7.70. The molecule has 3 aromatic rings. The normalized spacial score (nSPS) is 11.9. The molecule has 2 aromatic carbocycles. The molecule has 1 aromatic heterocycles. The maximum Gasteiger partial charge on any atom is 0.237 e. The molecule has 1 heterocycles. The van der Waals surface area contributed by atoms with Crippen LogP contribution in [0.3, 0.4) is 0 Å². The summed E-state index contributed by atoms with van der Waals surface area (Å²) in [7, 11) is 0. The quantitative estimate of drug-likeness (QED) is 0.469. The SMILES string of the molecule is CC(Sc1nnc(Nc2ccccc2F)s1)C(=O)Nc1ccc(Br)cc1F. The van der Waals surface area contributed by atoms with Gasteiger partial charge in [-0.2, -0.15) is 0 Å². The number of aromatic nitrogens is 2. The van der Waals surface area contributed by atoms with Crippen molar-refractivity contribution in [2.24, 2.45) is 0 Å². The smallest absolute Gasteiger partial charge is 0.237 e. The van der Waals surface area contributed by atoms with E-state index in [0.29, 0.717) is 19.6 Å². The Labute approximate surface area is 170 Å². The lowest BCUT2D eigenvalue weighted by Crippen LogP contribution is -2.22. The third kappa shape index (κ3) is 5.24. The number of nitrogens with zero attached hydrogens (tertiary/aromatic N) is 2. The summed E-state index contributed by atoms with van der Waals surface area (Å²) in [6.45, 7) is 1.68. The average molecular weight is 471 g/mol. The van der Waals surface area contributed by atoms with Gasteiger partial charge >= 0.3 is 0 Å². The Morgan fingerprint density at radius 1 is 1.15 bits per heavy atom. The van der Waals surface area contributed by atoms with Crippen LogP contribution in [0.2, 0.25) is 0 Å². The lowest BCUT2D eigenvalue weighted by molar-refractivity contribution is -0.115. The molecule has 0 spiro atoms. The van der Waals surface area contributed by atoms with Crippen molar-refractivity contribution in [1.82, 2.24) is 10.2 Å². The van der Waals surface area contributed by atoms with Crippen LogP contribution in [0.4, 0.5) is 25.3 Å². The zero-order valence-corrected chi connectivity index (χ0v) is 17.1. The van der Waals surface area contributed by atoms with Crippen LogP contribution >= 0.6 is 39.0 Å². The van der Waals surface area contributed by atoms with Crippen molar-refractivity contribution in [1.29, 1.82) is 0 Å². The summed E-state index contributed by atoms with van der Waals surface area (Å²) in [5.41, 5.74) is 0.400. The summed E-state index contributed by atoms with van der Waals surface area (Å²) in [5.74, 6) is -1.28. The predicted octanol–water partition coefficient (Wildman–Crippen LogP) is 5.44. The van der Waals surface area contributed by atoms with Gasteiger partial charge in [0.25, 0.3) is 0 Å². The fourth-order valence-electron chi connectivity index (χ4n) is 2.02. The lowest BCUT2D eigenvalue weighted by atomic mass is 10.3. The molecule has 27 heavy (non-hydrogen) atoms. The van der Waals surface area contributed by atoms with Gasteiger partial charge in [0.05, 0.1) is 16.6 Å². The Bertz CT molecular complexity index is 970. The maximum absolute atomic E-state index is 13.8. The summed E-state index contributed by atoms with van der Waals surface area (Å²) in [4.78, 5) is 12.3. The second kappa shape index (κ2) is 8.77. The van der Waals surface area contributed by atoms with E-state index in [2.05, 4.69) is 36.8 Å². The molecule has 0 fully saturated rings. The number of halogens is 3. The van der Waals surface area contributed by atoms with Crippen molar-refractivity contribution >= 4 is 61.4 Å². The molecule has 0 saturated carbocycles. The van der Waals surface area contributed by atoms with Gasteiger partial charge in [0.15, 0.2) is 4.34 Å². The molecule has 1 atom stereocenters. The highest BCUT2D eigenvalue weighted by Gasteiger charge is 2.19. The number of carbonyl (C=O) groups excluding carboxylic acids is 1. The molecule has 1 amide bonds. The number of hydrogen-bond acceptors (Lipinski definition) is 6. The van der Waals surface area contributed by atoms with Gasteiger partial charge in [-0.3, -0.25) is 4.79 Å². The van der Waals surface area contributed by atoms with Crippen molar-refractivity contribution in [2.75, 3.05) is 10.6 Å². The Balaban J connectivity index is 1.61. The van der Waals surface area contributed by atoms with Crippen LogP contribution in [0.5, 0.6) is 0 Å². The van der Waals surface area contributed by atoms with E-state index < -0.39 is 16.9 Å². The minimum atomic E-state index is -0.526. The highest BCUT2D eigenvalue weighted by molar-refractivity contribution is 9.10. The molecular weight excluding hydrogens is 458 g/mol. The monoisotopic (exact) mass is 470 g/mol. The zero-order chi connectivity index (χ0) is 19.4. The second-order valence-corrected chi connectivity index (χ2v) is 8.83. The standard InChI is InChI=1S/C17H13BrF2N4OS2/c1-9(15(25)21-14-7-6-10(18)8-12(14)20)26-17-24-23-16(27-17)22-13-5-3-2-4-11(13)19/h2-9H,1H3,(H,21,25)(H,22,23). The van der Waals surface area contributed by atoms with Gasteiger partial charge in [-0.1, -0.05) is 51.2 Å². The van der Waals surface area contributed by atoms with Gasteiger partial charge in [0, 0.05) is 4.47 Å². The van der Waals surface area contributed by atoms with E-state index in [1.165, 1.54) is 41.3 Å². The second-order valence-electron chi connectivity index (χ2n) is 5.35. The molecular formula is C17H13BrF2N4OS2. The Morgan fingerprint density at radius 2 is 1.93 bits per heavy atom. The minimum Gasteiger partial charge on any atom is -0.328 e. The van der Waals surface area contributed by atoms with Crippen molar-refractivity contribution < 1.29 is 13.6 Å². The predicted molar refractivity (Wildman–Crippen MR) is 108 cm³/mol. The Hall–Kier alpha value is -2.04. The van der Waals surface area contributed by atoms with Gasteiger partial charge in [0.1, 0.15) is 11.6 Å². The van der Waals surface area contributed by atoms with E-state index >= 15 is 0 Å². The topological polar surface area (TPSA) is 66.9 Å². The summed E-state index contributed by atoms with van der Waals surface area (Å²) in [6, 6.07) is 10.6.